The van der Waals surface area contributed by atoms with E-state index in [4.69, 9.17) is 44.3 Å². The van der Waals surface area contributed by atoms with Crippen molar-refractivity contribution >= 4 is 63.7 Å². The predicted molar refractivity (Wildman–Crippen MR) is 137 cm³/mol. The second-order valence-electron chi connectivity index (χ2n) is 7.20. The van der Waals surface area contributed by atoms with E-state index in [1.54, 1.807) is 35.0 Å². The molecule has 12 heteroatoms. The molecular weight excluding hydrogens is 535 g/mol. The number of nitrogens with zero attached hydrogens (tertiary/aromatic N) is 4. The molecule has 0 spiro atoms. The van der Waals surface area contributed by atoms with Crippen molar-refractivity contribution in [2.24, 2.45) is 10.1 Å². The van der Waals surface area contributed by atoms with Crippen LogP contribution in [0.1, 0.15) is 5.56 Å². The van der Waals surface area contributed by atoms with E-state index in [9.17, 15) is 10.1 Å². The molecule has 0 atom stereocenters. The van der Waals surface area contributed by atoms with Crippen LogP contribution in [0.5, 0.6) is 11.5 Å². The Bertz CT molecular complexity index is 1550. The summed E-state index contributed by atoms with van der Waals surface area (Å²) in [5.41, 5.74) is 2.11. The third-order valence-electron chi connectivity index (χ3n) is 4.98. The monoisotopic (exact) mass is 546 g/mol. The molecule has 0 unspecified atom stereocenters. The maximum Gasteiger partial charge on any atom is 0.282 e. The van der Waals surface area contributed by atoms with Crippen molar-refractivity contribution in [2.45, 2.75) is 0 Å². The van der Waals surface area contributed by atoms with Gasteiger partial charge >= 0.3 is 0 Å². The predicted octanol–water partition coefficient (Wildman–Crippen LogP) is 6.93. The van der Waals surface area contributed by atoms with E-state index in [1.165, 1.54) is 29.7 Å². The lowest BCUT2D eigenvalue weighted by Gasteiger charge is -2.05. The number of rotatable bonds is 5. The number of benzene rings is 3. The van der Waals surface area contributed by atoms with Gasteiger partial charge in [-0.1, -0.05) is 46.9 Å². The van der Waals surface area contributed by atoms with Gasteiger partial charge in [0.15, 0.2) is 11.5 Å². The van der Waals surface area contributed by atoms with Gasteiger partial charge in [-0.25, -0.2) is 9.67 Å². The quantitative estimate of drug-likeness (QED) is 0.154. The molecule has 4 aromatic rings. The Labute approximate surface area is 217 Å². The van der Waals surface area contributed by atoms with Crippen LogP contribution in [0.15, 0.2) is 70.1 Å². The van der Waals surface area contributed by atoms with Crippen LogP contribution in [0.3, 0.4) is 0 Å². The first-order chi connectivity index (χ1) is 16.9. The SMILES string of the molecule is O=[N+]([O-])c1cc2c(cc1C=Nn1c(-c3ccc(Cl)cc3)csc1=Nc1ccc(Cl)cc1Cl)OCO2. The van der Waals surface area contributed by atoms with Crippen LogP contribution in [0.25, 0.3) is 11.3 Å². The van der Waals surface area contributed by atoms with Gasteiger partial charge in [0.05, 0.1) is 39.2 Å². The minimum atomic E-state index is -0.500. The van der Waals surface area contributed by atoms with E-state index in [-0.39, 0.29) is 18.0 Å². The third kappa shape index (κ3) is 4.89. The number of hydrogen-bond acceptors (Lipinski definition) is 7. The van der Waals surface area contributed by atoms with Crippen molar-refractivity contribution in [3.63, 3.8) is 0 Å². The van der Waals surface area contributed by atoms with Gasteiger partial charge in [-0.2, -0.15) is 5.10 Å². The molecule has 0 fully saturated rings. The molecule has 0 amide bonds. The lowest BCUT2D eigenvalue weighted by Crippen LogP contribution is -2.11. The van der Waals surface area contributed by atoms with Gasteiger partial charge in [0.25, 0.3) is 5.69 Å². The van der Waals surface area contributed by atoms with E-state index >= 15 is 0 Å². The fourth-order valence-electron chi connectivity index (χ4n) is 3.31. The van der Waals surface area contributed by atoms with Crippen LogP contribution >= 0.6 is 46.1 Å². The summed E-state index contributed by atoms with van der Waals surface area (Å²) in [6.07, 6.45) is 1.38. The second-order valence-corrected chi connectivity index (χ2v) is 9.31. The normalized spacial score (nSPS) is 13.1. The van der Waals surface area contributed by atoms with E-state index < -0.39 is 4.92 Å². The van der Waals surface area contributed by atoms with Gasteiger partial charge in [0.1, 0.15) is 0 Å². The lowest BCUT2D eigenvalue weighted by atomic mass is 10.1. The summed E-state index contributed by atoms with van der Waals surface area (Å²) in [5, 5.41) is 19.5. The molecule has 35 heavy (non-hydrogen) atoms. The molecule has 5 rings (SSSR count). The van der Waals surface area contributed by atoms with Gasteiger partial charge in [0.2, 0.25) is 11.6 Å². The second kappa shape index (κ2) is 9.71. The average Bonchev–Trinajstić information content (AvgIpc) is 3.45. The van der Waals surface area contributed by atoms with Crippen molar-refractivity contribution in [3.05, 3.63) is 95.5 Å². The fourth-order valence-corrected chi connectivity index (χ4v) is 4.74. The zero-order valence-electron chi connectivity index (χ0n) is 17.5. The smallest absolute Gasteiger partial charge is 0.282 e. The van der Waals surface area contributed by atoms with Gasteiger partial charge in [-0.3, -0.25) is 10.1 Å². The Balaban J connectivity index is 1.66. The topological polar surface area (TPSA) is 91.2 Å². The Morgan fingerprint density at radius 2 is 1.71 bits per heavy atom. The summed E-state index contributed by atoms with van der Waals surface area (Å²) < 4.78 is 12.2. The summed E-state index contributed by atoms with van der Waals surface area (Å²) in [5.74, 6) is 0.718. The Hall–Kier alpha value is -3.37. The minimum Gasteiger partial charge on any atom is -0.454 e. The fraction of sp³-hybridized carbons (Fsp3) is 0.0435. The van der Waals surface area contributed by atoms with Crippen LogP contribution < -0.4 is 14.3 Å². The number of ether oxygens (including phenoxy) is 2. The first kappa shape index (κ1) is 23.4. The summed E-state index contributed by atoms with van der Waals surface area (Å²) >= 11 is 19.7. The number of nitro benzene ring substituents is 1. The van der Waals surface area contributed by atoms with E-state index in [0.717, 1.165) is 5.56 Å². The summed E-state index contributed by atoms with van der Waals surface area (Å²) in [6, 6.07) is 15.0. The molecule has 3 aromatic carbocycles. The van der Waals surface area contributed by atoms with Crippen molar-refractivity contribution in [2.75, 3.05) is 6.79 Å². The third-order valence-corrected chi connectivity index (χ3v) is 6.59. The first-order valence-electron chi connectivity index (χ1n) is 9.98. The molecule has 1 aliphatic heterocycles. The molecule has 8 nitrogen and oxygen atoms in total. The lowest BCUT2D eigenvalue weighted by molar-refractivity contribution is -0.385. The molecule has 0 bridgehead atoms. The van der Waals surface area contributed by atoms with E-state index in [1.807, 2.05) is 17.5 Å². The molecule has 2 heterocycles. The Morgan fingerprint density at radius 3 is 2.43 bits per heavy atom. The summed E-state index contributed by atoms with van der Waals surface area (Å²) in [4.78, 5) is 16.3. The molecule has 0 radical (unpaired) electrons. The van der Waals surface area contributed by atoms with E-state index in [0.29, 0.717) is 42.7 Å². The molecule has 0 saturated heterocycles. The number of halogens is 3. The molecule has 1 aliphatic rings. The maximum absolute atomic E-state index is 11.7. The highest BCUT2D eigenvalue weighted by atomic mass is 35.5. The van der Waals surface area contributed by atoms with Crippen molar-refractivity contribution in [3.8, 4) is 22.8 Å². The molecule has 0 aliphatic carbocycles. The van der Waals surface area contributed by atoms with Crippen molar-refractivity contribution in [1.29, 1.82) is 0 Å². The molecule has 1 aromatic heterocycles. The van der Waals surface area contributed by atoms with Crippen LogP contribution in [-0.4, -0.2) is 22.6 Å². The van der Waals surface area contributed by atoms with Gasteiger partial charge in [-0.05, 0) is 36.4 Å². The number of thiazole rings is 1. The van der Waals surface area contributed by atoms with Crippen molar-refractivity contribution < 1.29 is 14.4 Å². The number of hydrogen-bond donors (Lipinski definition) is 0. The van der Waals surface area contributed by atoms with Crippen LogP contribution in [-0.2, 0) is 0 Å². The van der Waals surface area contributed by atoms with Gasteiger partial charge in [0, 0.05) is 21.0 Å². The van der Waals surface area contributed by atoms with Crippen LogP contribution in [0.2, 0.25) is 15.1 Å². The van der Waals surface area contributed by atoms with Crippen LogP contribution in [0, 0.1) is 10.1 Å². The van der Waals surface area contributed by atoms with E-state index in [2.05, 4.69) is 10.1 Å². The zero-order chi connectivity index (χ0) is 24.5. The average molecular weight is 548 g/mol. The summed E-state index contributed by atoms with van der Waals surface area (Å²) in [6.45, 7) is -0.00202. The van der Waals surface area contributed by atoms with Gasteiger partial charge < -0.3 is 9.47 Å². The molecule has 0 saturated carbocycles. The number of aromatic nitrogens is 1. The molecular formula is C23H13Cl3N4O4S. The standard InChI is InChI=1S/C23H13Cl3N4O4S/c24-15-3-1-13(2-4-15)20-11-35-23(28-18-6-5-16(25)8-17(18)26)29(20)27-10-14-7-21-22(34-12-33-21)9-19(14)30(31)32/h1-11H,12H2. The Kier molecular flexibility index (Phi) is 6.48. The van der Waals surface area contributed by atoms with Gasteiger partial charge in [-0.15, -0.1) is 11.3 Å². The zero-order valence-corrected chi connectivity index (χ0v) is 20.6. The highest BCUT2D eigenvalue weighted by Crippen LogP contribution is 2.37. The highest BCUT2D eigenvalue weighted by molar-refractivity contribution is 7.07. The summed E-state index contributed by atoms with van der Waals surface area (Å²) in [7, 11) is 0. The minimum absolute atomic E-state index is 0.00202. The maximum atomic E-state index is 11.7. The van der Waals surface area contributed by atoms with Crippen LogP contribution in [0.4, 0.5) is 11.4 Å². The highest BCUT2D eigenvalue weighted by Gasteiger charge is 2.22. The number of fused-ring (bicyclic) bond motifs is 1. The molecule has 0 N–H and O–H groups in total. The first-order valence-corrected chi connectivity index (χ1v) is 12.0. The van der Waals surface area contributed by atoms with Crippen molar-refractivity contribution in [1.82, 2.24) is 4.68 Å². The Morgan fingerprint density at radius 1 is 1.00 bits per heavy atom. The largest absolute Gasteiger partial charge is 0.454 e. The molecule has 176 valence electrons. The number of nitro groups is 1.